The lowest BCUT2D eigenvalue weighted by Gasteiger charge is -2.16. The zero-order valence-electron chi connectivity index (χ0n) is 11.8. The highest BCUT2D eigenvalue weighted by Gasteiger charge is 2.27. The van der Waals surface area contributed by atoms with Gasteiger partial charge in [-0.3, -0.25) is 0 Å². The molecule has 2 aromatic rings. The lowest BCUT2D eigenvalue weighted by Crippen LogP contribution is -2.12. The number of hydrogen-bond donors (Lipinski definition) is 2. The molecule has 1 fully saturated rings. The summed E-state index contributed by atoms with van der Waals surface area (Å²) in [6.07, 6.45) is 5.23. The monoisotopic (exact) mass is 289 g/mol. The van der Waals surface area contributed by atoms with Gasteiger partial charge in [0.05, 0.1) is 6.04 Å². The molecule has 1 aliphatic carbocycles. The summed E-state index contributed by atoms with van der Waals surface area (Å²) in [4.78, 5) is 13.6. The van der Waals surface area contributed by atoms with E-state index in [0.29, 0.717) is 5.92 Å². The summed E-state index contributed by atoms with van der Waals surface area (Å²) < 4.78 is 0. The molecule has 1 saturated carbocycles. The first-order valence-corrected chi connectivity index (χ1v) is 7.90. The minimum atomic E-state index is 0.210. The Bertz CT molecular complexity index is 565. The highest BCUT2D eigenvalue weighted by molar-refractivity contribution is 7.09. The van der Waals surface area contributed by atoms with Crippen molar-refractivity contribution in [1.29, 1.82) is 0 Å². The van der Waals surface area contributed by atoms with Crippen LogP contribution in [-0.2, 0) is 0 Å². The van der Waals surface area contributed by atoms with Gasteiger partial charge in [-0.2, -0.15) is 0 Å². The summed E-state index contributed by atoms with van der Waals surface area (Å²) in [5, 5.41) is 9.71. The van der Waals surface area contributed by atoms with Crippen LogP contribution in [0.4, 0.5) is 11.6 Å². The number of nitrogens with zero attached hydrogens (tertiary/aromatic N) is 3. The van der Waals surface area contributed by atoms with Crippen molar-refractivity contribution in [1.82, 2.24) is 15.0 Å². The largest absolute Gasteiger partial charge is 0.373 e. The van der Waals surface area contributed by atoms with Gasteiger partial charge in [0.15, 0.2) is 0 Å². The SMILES string of the molecule is CCC(Nc1cc(NC)nc(C2CC2)n1)c1nccs1. The van der Waals surface area contributed by atoms with Gasteiger partial charge in [0.2, 0.25) is 0 Å². The molecule has 2 N–H and O–H groups in total. The van der Waals surface area contributed by atoms with Crippen LogP contribution in [-0.4, -0.2) is 22.0 Å². The third kappa shape index (κ3) is 2.90. The summed E-state index contributed by atoms with van der Waals surface area (Å²) in [7, 11) is 1.89. The summed E-state index contributed by atoms with van der Waals surface area (Å²) in [6, 6.07) is 2.17. The Balaban J connectivity index is 1.83. The molecular formula is C14H19N5S. The highest BCUT2D eigenvalue weighted by Crippen LogP contribution is 2.39. The summed E-state index contributed by atoms with van der Waals surface area (Å²) >= 11 is 1.68. The standard InChI is InChI=1S/C14H19N5S/c1-3-10(14-16-6-7-20-14)17-12-8-11(15-2)18-13(19-12)9-4-5-9/h6-10H,3-5H2,1-2H3,(H2,15,17,18,19). The van der Waals surface area contributed by atoms with Gasteiger partial charge in [-0.05, 0) is 19.3 Å². The Morgan fingerprint density at radius 1 is 1.35 bits per heavy atom. The van der Waals surface area contributed by atoms with Gasteiger partial charge in [-0.1, -0.05) is 6.92 Å². The first-order chi connectivity index (χ1) is 9.80. The molecule has 2 heterocycles. The van der Waals surface area contributed by atoms with Crippen LogP contribution in [0.25, 0.3) is 0 Å². The van der Waals surface area contributed by atoms with Crippen LogP contribution < -0.4 is 10.6 Å². The van der Waals surface area contributed by atoms with Crippen LogP contribution >= 0.6 is 11.3 Å². The van der Waals surface area contributed by atoms with Crippen molar-refractivity contribution in [2.45, 2.75) is 38.1 Å². The molecule has 20 heavy (non-hydrogen) atoms. The lowest BCUT2D eigenvalue weighted by atomic mass is 10.2. The number of aromatic nitrogens is 3. The Kier molecular flexibility index (Phi) is 3.82. The van der Waals surface area contributed by atoms with Crippen molar-refractivity contribution in [2.24, 2.45) is 0 Å². The predicted octanol–water partition coefficient (Wildman–Crippen LogP) is 3.42. The second kappa shape index (κ2) is 5.75. The van der Waals surface area contributed by atoms with Crippen molar-refractivity contribution in [3.8, 4) is 0 Å². The van der Waals surface area contributed by atoms with E-state index in [4.69, 9.17) is 0 Å². The predicted molar refractivity (Wildman–Crippen MR) is 82.3 cm³/mol. The molecule has 0 radical (unpaired) electrons. The van der Waals surface area contributed by atoms with Crippen molar-refractivity contribution in [3.63, 3.8) is 0 Å². The van der Waals surface area contributed by atoms with Crippen molar-refractivity contribution >= 4 is 23.0 Å². The lowest BCUT2D eigenvalue weighted by molar-refractivity contribution is 0.734. The van der Waals surface area contributed by atoms with E-state index in [1.54, 1.807) is 11.3 Å². The minimum Gasteiger partial charge on any atom is -0.373 e. The molecule has 0 bridgehead atoms. The molecule has 1 atom stereocenters. The zero-order valence-corrected chi connectivity index (χ0v) is 12.6. The summed E-state index contributed by atoms with van der Waals surface area (Å²) in [5.41, 5.74) is 0. The van der Waals surface area contributed by atoms with Gasteiger partial charge in [-0.25, -0.2) is 15.0 Å². The molecule has 0 saturated heterocycles. The molecule has 106 valence electrons. The van der Waals surface area contributed by atoms with Crippen molar-refractivity contribution in [2.75, 3.05) is 17.7 Å². The van der Waals surface area contributed by atoms with Crippen LogP contribution in [0.1, 0.15) is 49.0 Å². The third-order valence-electron chi connectivity index (χ3n) is 3.42. The van der Waals surface area contributed by atoms with E-state index in [9.17, 15) is 0 Å². The van der Waals surface area contributed by atoms with Gasteiger partial charge in [0.25, 0.3) is 0 Å². The minimum absolute atomic E-state index is 0.210. The second-order valence-corrected chi connectivity index (χ2v) is 5.92. The molecular weight excluding hydrogens is 270 g/mol. The van der Waals surface area contributed by atoms with Crippen LogP contribution in [0.3, 0.4) is 0 Å². The van der Waals surface area contributed by atoms with Crippen LogP contribution in [0, 0.1) is 0 Å². The Morgan fingerprint density at radius 3 is 2.75 bits per heavy atom. The maximum absolute atomic E-state index is 4.66. The van der Waals surface area contributed by atoms with E-state index in [1.165, 1.54) is 12.8 Å². The number of thiazole rings is 1. The van der Waals surface area contributed by atoms with Crippen molar-refractivity contribution < 1.29 is 0 Å². The Labute approximate surface area is 122 Å². The number of hydrogen-bond acceptors (Lipinski definition) is 6. The Morgan fingerprint density at radius 2 is 2.15 bits per heavy atom. The Hall–Kier alpha value is -1.69. The average molecular weight is 289 g/mol. The van der Waals surface area contributed by atoms with Gasteiger partial charge >= 0.3 is 0 Å². The molecule has 5 nitrogen and oxygen atoms in total. The normalized spacial score (nSPS) is 15.9. The van der Waals surface area contributed by atoms with E-state index in [1.807, 2.05) is 24.7 Å². The quantitative estimate of drug-likeness (QED) is 0.853. The van der Waals surface area contributed by atoms with Crippen LogP contribution in [0.5, 0.6) is 0 Å². The molecule has 3 rings (SSSR count). The zero-order chi connectivity index (χ0) is 13.9. The number of anilines is 2. The first-order valence-electron chi connectivity index (χ1n) is 7.02. The average Bonchev–Trinajstić information content (AvgIpc) is 3.20. The van der Waals surface area contributed by atoms with Crippen LogP contribution in [0.15, 0.2) is 17.6 Å². The smallest absolute Gasteiger partial charge is 0.136 e. The van der Waals surface area contributed by atoms with Gasteiger partial charge < -0.3 is 10.6 Å². The molecule has 0 amide bonds. The second-order valence-electron chi connectivity index (χ2n) is 5.00. The maximum atomic E-state index is 4.66. The maximum Gasteiger partial charge on any atom is 0.136 e. The topological polar surface area (TPSA) is 62.7 Å². The molecule has 1 aliphatic rings. The molecule has 0 aliphatic heterocycles. The summed E-state index contributed by atoms with van der Waals surface area (Å²) in [5.74, 6) is 3.25. The molecule has 6 heteroatoms. The summed E-state index contributed by atoms with van der Waals surface area (Å²) in [6.45, 7) is 2.15. The van der Waals surface area contributed by atoms with Crippen molar-refractivity contribution in [3.05, 3.63) is 28.5 Å². The molecule has 0 spiro atoms. The van der Waals surface area contributed by atoms with E-state index >= 15 is 0 Å². The fraction of sp³-hybridized carbons (Fsp3) is 0.500. The van der Waals surface area contributed by atoms with E-state index in [2.05, 4.69) is 32.5 Å². The van der Waals surface area contributed by atoms with E-state index < -0.39 is 0 Å². The van der Waals surface area contributed by atoms with Gasteiger partial charge in [-0.15, -0.1) is 11.3 Å². The van der Waals surface area contributed by atoms with Gasteiger partial charge in [0, 0.05) is 30.6 Å². The highest BCUT2D eigenvalue weighted by atomic mass is 32.1. The molecule has 0 aromatic carbocycles. The number of rotatable bonds is 6. The number of nitrogens with one attached hydrogen (secondary N) is 2. The fourth-order valence-corrected chi connectivity index (χ4v) is 2.89. The molecule has 2 aromatic heterocycles. The first kappa shape index (κ1) is 13.3. The van der Waals surface area contributed by atoms with E-state index in [0.717, 1.165) is 28.9 Å². The fourth-order valence-electron chi connectivity index (χ4n) is 2.12. The molecule has 1 unspecified atom stereocenters. The van der Waals surface area contributed by atoms with E-state index in [-0.39, 0.29) is 6.04 Å². The van der Waals surface area contributed by atoms with Gasteiger partial charge in [0.1, 0.15) is 22.5 Å². The van der Waals surface area contributed by atoms with Crippen LogP contribution in [0.2, 0.25) is 0 Å². The third-order valence-corrected chi connectivity index (χ3v) is 4.31.